The van der Waals surface area contributed by atoms with Crippen LogP contribution in [0.5, 0.6) is 0 Å². The van der Waals surface area contributed by atoms with Gasteiger partial charge in [-0.15, -0.1) is 0 Å². The molecule has 3 unspecified atom stereocenters. The molecule has 0 amide bonds. The standard InChI is InChI=1S/C16H31NO3/c1-15(2)13(14(19)16(3,4)20-15)10-17-9-7-5-6-8-12(17)11-18/h12-14,18-19H,5-11H2,1-4H3. The number of ether oxygens (including phenoxy) is 1. The minimum atomic E-state index is -0.491. The Balaban J connectivity index is 2.10. The third kappa shape index (κ3) is 3.19. The number of aliphatic hydroxyl groups is 2. The second-order valence-electron chi connectivity index (χ2n) is 7.54. The topological polar surface area (TPSA) is 52.9 Å². The molecule has 2 N–H and O–H groups in total. The molecule has 0 aromatic carbocycles. The van der Waals surface area contributed by atoms with Gasteiger partial charge in [0, 0.05) is 18.5 Å². The quantitative estimate of drug-likeness (QED) is 0.830. The SMILES string of the molecule is CC1(C)OC(C)(C)C(CN2CCCCCC2CO)C1O. The molecule has 0 bridgehead atoms. The van der Waals surface area contributed by atoms with Gasteiger partial charge < -0.3 is 14.9 Å². The van der Waals surface area contributed by atoms with Crippen molar-refractivity contribution in [2.45, 2.75) is 76.7 Å². The Labute approximate surface area is 123 Å². The van der Waals surface area contributed by atoms with E-state index in [-0.39, 0.29) is 24.2 Å². The second kappa shape index (κ2) is 5.91. The maximum absolute atomic E-state index is 10.6. The van der Waals surface area contributed by atoms with Crippen molar-refractivity contribution in [1.29, 1.82) is 0 Å². The Morgan fingerprint density at radius 2 is 1.80 bits per heavy atom. The van der Waals surface area contributed by atoms with Crippen molar-refractivity contribution >= 4 is 0 Å². The highest BCUT2D eigenvalue weighted by atomic mass is 16.5. The molecular weight excluding hydrogens is 254 g/mol. The Morgan fingerprint density at radius 1 is 1.10 bits per heavy atom. The van der Waals surface area contributed by atoms with E-state index in [1.807, 2.05) is 13.8 Å². The first-order valence-corrected chi connectivity index (χ1v) is 8.01. The lowest BCUT2D eigenvalue weighted by atomic mass is 9.84. The molecule has 20 heavy (non-hydrogen) atoms. The van der Waals surface area contributed by atoms with Gasteiger partial charge in [0.2, 0.25) is 0 Å². The molecule has 0 aromatic rings. The Morgan fingerprint density at radius 3 is 2.35 bits per heavy atom. The molecule has 2 saturated heterocycles. The van der Waals surface area contributed by atoms with Crippen LogP contribution in [0.25, 0.3) is 0 Å². The summed E-state index contributed by atoms with van der Waals surface area (Å²) < 4.78 is 6.06. The molecule has 4 heteroatoms. The fourth-order valence-corrected chi connectivity index (χ4v) is 3.93. The van der Waals surface area contributed by atoms with Gasteiger partial charge in [0.25, 0.3) is 0 Å². The molecule has 118 valence electrons. The predicted molar refractivity (Wildman–Crippen MR) is 79.7 cm³/mol. The van der Waals surface area contributed by atoms with E-state index >= 15 is 0 Å². The summed E-state index contributed by atoms with van der Waals surface area (Å²) in [6, 6.07) is 0.240. The second-order valence-corrected chi connectivity index (χ2v) is 7.54. The van der Waals surface area contributed by atoms with Gasteiger partial charge >= 0.3 is 0 Å². The van der Waals surface area contributed by atoms with Gasteiger partial charge in [-0.2, -0.15) is 0 Å². The number of hydrogen-bond donors (Lipinski definition) is 2. The van der Waals surface area contributed by atoms with Gasteiger partial charge in [0.05, 0.1) is 23.9 Å². The summed E-state index contributed by atoms with van der Waals surface area (Å²) in [5.41, 5.74) is -0.816. The molecule has 4 nitrogen and oxygen atoms in total. The van der Waals surface area contributed by atoms with E-state index in [9.17, 15) is 10.2 Å². The summed E-state index contributed by atoms with van der Waals surface area (Å²) in [4.78, 5) is 2.37. The van der Waals surface area contributed by atoms with E-state index in [1.165, 1.54) is 19.3 Å². The molecule has 0 aromatic heterocycles. The van der Waals surface area contributed by atoms with Crippen LogP contribution in [0, 0.1) is 5.92 Å². The monoisotopic (exact) mass is 285 g/mol. The summed E-state index contributed by atoms with van der Waals surface area (Å²) in [5, 5.41) is 20.2. The molecule has 0 spiro atoms. The molecular formula is C16H31NO3. The fraction of sp³-hybridized carbons (Fsp3) is 1.00. The molecule has 2 aliphatic rings. The lowest BCUT2D eigenvalue weighted by molar-refractivity contribution is -0.0916. The molecule has 2 rings (SSSR count). The maximum Gasteiger partial charge on any atom is 0.0896 e. The zero-order valence-corrected chi connectivity index (χ0v) is 13.4. The average molecular weight is 285 g/mol. The van der Waals surface area contributed by atoms with Gasteiger partial charge in [0.15, 0.2) is 0 Å². The van der Waals surface area contributed by atoms with Crippen LogP contribution in [0.4, 0.5) is 0 Å². The summed E-state index contributed by atoms with van der Waals surface area (Å²) in [7, 11) is 0. The van der Waals surface area contributed by atoms with Crippen LogP contribution < -0.4 is 0 Å². The largest absolute Gasteiger partial charge is 0.395 e. The zero-order valence-electron chi connectivity index (χ0n) is 13.4. The van der Waals surface area contributed by atoms with Crippen molar-refractivity contribution in [2.24, 2.45) is 5.92 Å². The number of aliphatic hydroxyl groups excluding tert-OH is 2. The van der Waals surface area contributed by atoms with Crippen molar-refractivity contribution in [3.05, 3.63) is 0 Å². The van der Waals surface area contributed by atoms with Crippen molar-refractivity contribution < 1.29 is 14.9 Å². The van der Waals surface area contributed by atoms with Crippen molar-refractivity contribution in [3.63, 3.8) is 0 Å². The molecule has 0 radical (unpaired) electrons. The zero-order chi connectivity index (χ0) is 15.0. The average Bonchev–Trinajstić information content (AvgIpc) is 2.53. The first-order valence-electron chi connectivity index (χ1n) is 8.01. The van der Waals surface area contributed by atoms with Gasteiger partial charge in [-0.05, 0) is 47.1 Å². The molecule has 2 aliphatic heterocycles. The Bertz CT molecular complexity index is 330. The fourth-order valence-electron chi connectivity index (χ4n) is 3.93. The first kappa shape index (κ1) is 16.2. The summed E-state index contributed by atoms with van der Waals surface area (Å²) >= 11 is 0. The van der Waals surface area contributed by atoms with Crippen LogP contribution in [-0.2, 0) is 4.74 Å². The smallest absolute Gasteiger partial charge is 0.0896 e. The normalized spacial score (nSPS) is 37.8. The maximum atomic E-state index is 10.6. The summed E-state index contributed by atoms with van der Waals surface area (Å²) in [5.74, 6) is 0.0876. The van der Waals surface area contributed by atoms with E-state index in [2.05, 4.69) is 18.7 Å². The Kier molecular flexibility index (Phi) is 4.80. The van der Waals surface area contributed by atoms with Crippen LogP contribution >= 0.6 is 0 Å². The van der Waals surface area contributed by atoms with Crippen molar-refractivity contribution in [3.8, 4) is 0 Å². The van der Waals surface area contributed by atoms with Crippen molar-refractivity contribution in [2.75, 3.05) is 19.7 Å². The van der Waals surface area contributed by atoms with E-state index in [0.29, 0.717) is 0 Å². The van der Waals surface area contributed by atoms with Crippen LogP contribution in [0.15, 0.2) is 0 Å². The molecule has 3 atom stereocenters. The van der Waals surface area contributed by atoms with Crippen molar-refractivity contribution in [1.82, 2.24) is 4.90 Å². The highest BCUT2D eigenvalue weighted by Gasteiger charge is 2.53. The number of nitrogens with zero attached hydrogens (tertiary/aromatic N) is 1. The number of rotatable bonds is 3. The van der Waals surface area contributed by atoms with Gasteiger partial charge in [-0.25, -0.2) is 0 Å². The van der Waals surface area contributed by atoms with Gasteiger partial charge in [-0.3, -0.25) is 4.90 Å². The summed E-state index contributed by atoms with van der Waals surface area (Å²) in [6.07, 6.45) is 4.22. The summed E-state index contributed by atoms with van der Waals surface area (Å²) in [6.45, 7) is 10.1. The lowest BCUT2D eigenvalue weighted by Crippen LogP contribution is -2.47. The van der Waals surface area contributed by atoms with E-state index < -0.39 is 11.7 Å². The molecule has 0 saturated carbocycles. The third-order valence-electron chi connectivity index (χ3n) is 5.15. The number of likely N-dealkylation sites (tertiary alicyclic amines) is 1. The molecule has 0 aliphatic carbocycles. The minimum Gasteiger partial charge on any atom is -0.395 e. The van der Waals surface area contributed by atoms with Crippen LogP contribution in [0.1, 0.15) is 53.4 Å². The highest BCUT2D eigenvalue weighted by Crippen LogP contribution is 2.43. The minimum absolute atomic E-state index is 0.0876. The van der Waals surface area contributed by atoms with Crippen LogP contribution in [0.2, 0.25) is 0 Å². The van der Waals surface area contributed by atoms with Gasteiger partial charge in [-0.1, -0.05) is 12.8 Å². The highest BCUT2D eigenvalue weighted by molar-refractivity contribution is 5.02. The van der Waals surface area contributed by atoms with E-state index in [1.54, 1.807) is 0 Å². The first-order chi connectivity index (χ1) is 9.28. The third-order valence-corrected chi connectivity index (χ3v) is 5.15. The molecule has 2 fully saturated rings. The van der Waals surface area contributed by atoms with Crippen LogP contribution in [-0.4, -0.2) is 58.2 Å². The predicted octanol–water partition coefficient (Wildman–Crippen LogP) is 1.79. The van der Waals surface area contributed by atoms with E-state index in [4.69, 9.17) is 4.74 Å². The van der Waals surface area contributed by atoms with Crippen LogP contribution in [0.3, 0.4) is 0 Å². The number of hydrogen-bond acceptors (Lipinski definition) is 4. The van der Waals surface area contributed by atoms with Gasteiger partial charge in [0.1, 0.15) is 0 Å². The Hall–Kier alpha value is -0.160. The lowest BCUT2D eigenvalue weighted by Gasteiger charge is -2.35. The van der Waals surface area contributed by atoms with E-state index in [0.717, 1.165) is 19.5 Å². The molecule has 2 heterocycles.